The van der Waals surface area contributed by atoms with Crippen molar-refractivity contribution in [3.8, 4) is 0 Å². The Hall–Kier alpha value is -2.21. The molecular formula is C14H14NO4S+. The molecular weight excluding hydrogens is 278 g/mol. The van der Waals surface area contributed by atoms with Gasteiger partial charge in [-0.3, -0.25) is 0 Å². The summed E-state index contributed by atoms with van der Waals surface area (Å²) in [6.45, 7) is 1.64. The van der Waals surface area contributed by atoms with Crippen molar-refractivity contribution in [2.75, 3.05) is 7.11 Å². The lowest BCUT2D eigenvalue weighted by Crippen LogP contribution is -2.05. The van der Waals surface area contributed by atoms with Gasteiger partial charge in [0, 0.05) is 12.1 Å². The van der Waals surface area contributed by atoms with Crippen LogP contribution >= 0.6 is 0 Å². The highest BCUT2D eigenvalue weighted by molar-refractivity contribution is 7.91. The summed E-state index contributed by atoms with van der Waals surface area (Å²) in [5.41, 5.74) is 0.737. The van der Waals surface area contributed by atoms with Gasteiger partial charge in [-0.25, -0.2) is 13.3 Å². The summed E-state index contributed by atoms with van der Waals surface area (Å²) in [6.07, 6.45) is 0. The Bertz CT molecular complexity index is 739. The largest absolute Gasteiger partial charge is 0.317 e. The van der Waals surface area contributed by atoms with Gasteiger partial charge >= 0.3 is 5.69 Å². The fraction of sp³-hybridized carbons (Fsp3) is 0.143. The molecule has 6 heteroatoms. The van der Waals surface area contributed by atoms with Crippen molar-refractivity contribution in [2.45, 2.75) is 16.7 Å². The highest BCUT2D eigenvalue weighted by atomic mass is 32.2. The number of aryl methyl sites for hydroxylation is 1. The molecule has 104 valence electrons. The van der Waals surface area contributed by atoms with Crippen molar-refractivity contribution >= 4 is 15.5 Å². The quantitative estimate of drug-likeness (QED) is 0.813. The number of nitrogens with zero attached hydrogens (tertiary/aromatic N) is 1. The molecule has 0 bridgehead atoms. The van der Waals surface area contributed by atoms with Crippen LogP contribution in [-0.2, 0) is 14.7 Å². The molecule has 0 aliphatic heterocycles. The lowest BCUT2D eigenvalue weighted by Gasteiger charge is -2.07. The van der Waals surface area contributed by atoms with Crippen LogP contribution in [-0.4, -0.2) is 20.5 Å². The van der Waals surface area contributed by atoms with Crippen LogP contribution in [0, 0.1) is 11.8 Å². The van der Waals surface area contributed by atoms with Gasteiger partial charge in [0.05, 0.1) is 14.7 Å². The summed E-state index contributed by atoms with van der Waals surface area (Å²) in [5, 5.41) is 0. The second-order valence-corrected chi connectivity index (χ2v) is 6.12. The van der Waals surface area contributed by atoms with Gasteiger partial charge in [0.15, 0.2) is 7.11 Å². The molecule has 0 unspecified atom stereocenters. The molecule has 2 aromatic rings. The number of benzene rings is 2. The number of hydrogen-bond donors (Lipinski definition) is 0. The smallest absolute Gasteiger partial charge is 0.230 e. The molecule has 0 fully saturated rings. The van der Waals surface area contributed by atoms with E-state index in [2.05, 4.69) is 4.84 Å². The van der Waals surface area contributed by atoms with Crippen LogP contribution in [0.15, 0.2) is 58.3 Å². The van der Waals surface area contributed by atoms with Gasteiger partial charge in [0.2, 0.25) is 9.84 Å². The van der Waals surface area contributed by atoms with Crippen molar-refractivity contribution in [1.29, 1.82) is 0 Å². The van der Waals surface area contributed by atoms with E-state index in [1.54, 1.807) is 25.1 Å². The first-order valence-corrected chi connectivity index (χ1v) is 7.37. The maximum Gasteiger partial charge on any atom is 0.317 e. The van der Waals surface area contributed by atoms with Crippen LogP contribution in [0.5, 0.6) is 0 Å². The van der Waals surface area contributed by atoms with Gasteiger partial charge in [0.1, 0.15) is 0 Å². The molecule has 0 spiro atoms. The zero-order chi connectivity index (χ0) is 14.8. The molecule has 0 N–H and O–H groups in total. The summed E-state index contributed by atoms with van der Waals surface area (Å²) < 4.78 is 25.0. The Morgan fingerprint density at radius 2 is 1.70 bits per heavy atom. The molecule has 0 amide bonds. The molecule has 2 rings (SSSR count). The highest BCUT2D eigenvalue weighted by Crippen LogP contribution is 2.26. The van der Waals surface area contributed by atoms with E-state index in [9.17, 15) is 13.3 Å². The van der Waals surface area contributed by atoms with Gasteiger partial charge in [-0.2, -0.15) is 0 Å². The van der Waals surface area contributed by atoms with Gasteiger partial charge in [-0.05, 0) is 30.7 Å². The van der Waals surface area contributed by atoms with Crippen molar-refractivity contribution in [1.82, 2.24) is 0 Å². The Balaban J connectivity index is 2.52. The molecule has 0 aliphatic rings. The fourth-order valence-electron chi connectivity index (χ4n) is 1.88. The average Bonchev–Trinajstić information content (AvgIpc) is 2.47. The summed E-state index contributed by atoms with van der Waals surface area (Å²) in [7, 11) is -2.33. The van der Waals surface area contributed by atoms with E-state index in [0.29, 0.717) is 10.5 Å². The average molecular weight is 292 g/mol. The van der Waals surface area contributed by atoms with Gasteiger partial charge in [0.25, 0.3) is 4.92 Å². The summed E-state index contributed by atoms with van der Waals surface area (Å²) in [4.78, 5) is 16.6. The molecule has 0 radical (unpaired) electrons. The molecule has 0 aromatic heterocycles. The van der Waals surface area contributed by atoms with E-state index in [0.717, 1.165) is 0 Å². The van der Waals surface area contributed by atoms with Gasteiger partial charge in [-0.1, -0.05) is 18.2 Å². The third-order valence-corrected chi connectivity index (χ3v) is 4.81. The predicted molar refractivity (Wildman–Crippen MR) is 73.4 cm³/mol. The minimum Gasteiger partial charge on any atom is -0.230 e. The molecule has 5 nitrogen and oxygen atoms in total. The maximum atomic E-state index is 12.5. The first kappa shape index (κ1) is 14.2. The van der Waals surface area contributed by atoms with E-state index >= 15 is 0 Å². The van der Waals surface area contributed by atoms with Crippen LogP contribution in [0.3, 0.4) is 0 Å². The first-order chi connectivity index (χ1) is 9.46. The second kappa shape index (κ2) is 5.42. The third kappa shape index (κ3) is 2.55. The first-order valence-electron chi connectivity index (χ1n) is 5.89. The standard InChI is InChI=1S/C14H14NO4S/c1-11-10-12(15(16)19-2)8-9-14(11)20(17,18)13-6-4-3-5-7-13/h3-10H,1-2H3/q+1. The molecule has 0 atom stereocenters. The van der Waals surface area contributed by atoms with Gasteiger partial charge in [-0.15, -0.1) is 0 Å². The van der Waals surface area contributed by atoms with E-state index in [-0.39, 0.29) is 15.5 Å². The molecule has 0 heterocycles. The Labute approximate surface area is 117 Å². The zero-order valence-corrected chi connectivity index (χ0v) is 11.9. The van der Waals surface area contributed by atoms with Crippen molar-refractivity contribution in [2.24, 2.45) is 0 Å². The Kier molecular flexibility index (Phi) is 3.85. The number of rotatable bonds is 4. The second-order valence-electron chi connectivity index (χ2n) is 4.21. The fourth-order valence-corrected chi connectivity index (χ4v) is 3.38. The molecule has 2 aromatic carbocycles. The Morgan fingerprint density at radius 1 is 1.05 bits per heavy atom. The van der Waals surface area contributed by atoms with Crippen LogP contribution in [0.4, 0.5) is 5.69 Å². The van der Waals surface area contributed by atoms with Crippen molar-refractivity contribution < 1.29 is 18.2 Å². The highest BCUT2D eigenvalue weighted by Gasteiger charge is 2.23. The SMILES string of the molecule is CO[N+](=O)c1ccc(S(=O)(=O)c2ccccc2)c(C)c1. The minimum atomic E-state index is -3.58. The summed E-state index contributed by atoms with van der Waals surface area (Å²) in [5.74, 6) is 0. The lowest BCUT2D eigenvalue weighted by molar-refractivity contribution is -0.736. The van der Waals surface area contributed by atoms with E-state index < -0.39 is 9.84 Å². The van der Waals surface area contributed by atoms with E-state index in [1.165, 1.54) is 37.4 Å². The van der Waals surface area contributed by atoms with Crippen LogP contribution in [0.1, 0.15) is 5.56 Å². The van der Waals surface area contributed by atoms with Crippen LogP contribution in [0.25, 0.3) is 0 Å². The normalized spacial score (nSPS) is 11.1. The van der Waals surface area contributed by atoms with Crippen molar-refractivity contribution in [3.05, 3.63) is 59.0 Å². The monoisotopic (exact) mass is 292 g/mol. The van der Waals surface area contributed by atoms with E-state index in [4.69, 9.17) is 0 Å². The number of sulfone groups is 1. The van der Waals surface area contributed by atoms with E-state index in [1.807, 2.05) is 0 Å². The topological polar surface area (TPSA) is 63.5 Å². The van der Waals surface area contributed by atoms with Gasteiger partial charge < -0.3 is 0 Å². The minimum absolute atomic E-state index is 0.178. The lowest BCUT2D eigenvalue weighted by atomic mass is 10.2. The summed E-state index contributed by atoms with van der Waals surface area (Å²) in [6, 6.07) is 12.5. The molecule has 0 aliphatic carbocycles. The molecule has 20 heavy (non-hydrogen) atoms. The maximum absolute atomic E-state index is 12.5. The van der Waals surface area contributed by atoms with Crippen LogP contribution < -0.4 is 0 Å². The zero-order valence-electron chi connectivity index (χ0n) is 11.1. The summed E-state index contributed by atoms with van der Waals surface area (Å²) >= 11 is 0. The van der Waals surface area contributed by atoms with Crippen molar-refractivity contribution in [3.63, 3.8) is 0 Å². The molecule has 0 saturated heterocycles. The Morgan fingerprint density at radius 3 is 2.25 bits per heavy atom. The van der Waals surface area contributed by atoms with Crippen LogP contribution in [0.2, 0.25) is 0 Å². The predicted octanol–water partition coefficient (Wildman–Crippen LogP) is 2.80. The third-order valence-electron chi connectivity index (χ3n) is 2.88. The number of hydrogen-bond acceptors (Lipinski definition) is 4. The molecule has 0 saturated carbocycles.